The molecule has 0 atom stereocenters. The molecule has 5 nitrogen and oxygen atoms in total. The van der Waals surface area contributed by atoms with Gasteiger partial charge in [0.05, 0.1) is 0 Å². The molecule has 0 bridgehead atoms. The molecule has 0 aromatic rings. The van der Waals surface area contributed by atoms with Crippen LogP contribution in [0.4, 0.5) is 0 Å². The van der Waals surface area contributed by atoms with Gasteiger partial charge in [-0.05, 0) is 0 Å². The van der Waals surface area contributed by atoms with E-state index in [4.69, 9.17) is 17.5 Å². The van der Waals surface area contributed by atoms with Gasteiger partial charge >= 0.3 is 48.1 Å². The Morgan fingerprint density at radius 2 is 1.12 bits per heavy atom. The Balaban J connectivity index is -0.0000000267. The molecule has 0 fully saturated rings. The van der Waals surface area contributed by atoms with Crippen molar-refractivity contribution in [3.8, 4) is 0 Å². The van der Waals surface area contributed by atoms with E-state index in [1.807, 2.05) is 0 Å². The van der Waals surface area contributed by atoms with Crippen molar-refractivity contribution < 1.29 is 40.1 Å². The summed E-state index contributed by atoms with van der Waals surface area (Å²) in [5.41, 5.74) is 0. The summed E-state index contributed by atoms with van der Waals surface area (Å²) in [6.07, 6.45) is 0. The number of hydrogen-bond acceptors (Lipinski definition) is 2. The SMILES string of the molecule is O.O=S(=O)(O)O.[CaH2].[Fe]. The molecular weight excluding hydrogens is 208 g/mol. The first-order valence-corrected chi connectivity index (χ1v) is 2.10. The van der Waals surface area contributed by atoms with Gasteiger partial charge in [0, 0.05) is 17.1 Å². The summed E-state index contributed by atoms with van der Waals surface area (Å²) >= 11 is 0. The van der Waals surface area contributed by atoms with Crippen molar-refractivity contribution in [1.29, 1.82) is 0 Å². The van der Waals surface area contributed by atoms with Crippen LogP contribution in [0.25, 0.3) is 0 Å². The van der Waals surface area contributed by atoms with Crippen molar-refractivity contribution in [3.63, 3.8) is 0 Å². The van der Waals surface area contributed by atoms with Crippen molar-refractivity contribution in [2.45, 2.75) is 0 Å². The zero-order valence-electron chi connectivity index (χ0n) is 2.97. The van der Waals surface area contributed by atoms with Crippen molar-refractivity contribution in [3.05, 3.63) is 0 Å². The summed E-state index contributed by atoms with van der Waals surface area (Å²) in [7, 11) is -4.67. The molecule has 0 rings (SSSR count). The quantitative estimate of drug-likeness (QED) is 0.346. The number of hydrogen-bond donors (Lipinski definition) is 2. The Morgan fingerprint density at radius 1 is 1.12 bits per heavy atom. The fourth-order valence-electron chi connectivity index (χ4n) is 0. The summed E-state index contributed by atoms with van der Waals surface area (Å²) in [5, 5.41) is 0. The van der Waals surface area contributed by atoms with Gasteiger partial charge in [0.2, 0.25) is 0 Å². The maximum atomic E-state index is 8.74. The molecule has 0 aliphatic heterocycles. The normalized spacial score (nSPS) is 7.25. The zero-order valence-corrected chi connectivity index (χ0v) is 4.89. The topological polar surface area (TPSA) is 106 Å². The second kappa shape index (κ2) is 8.61. The zero-order chi connectivity index (χ0) is 4.50. The van der Waals surface area contributed by atoms with E-state index in [-0.39, 0.29) is 60.3 Å². The van der Waals surface area contributed by atoms with Crippen LogP contribution in [0.3, 0.4) is 0 Å². The molecule has 4 N–H and O–H groups in total. The summed E-state index contributed by atoms with van der Waals surface area (Å²) in [5.74, 6) is 0. The van der Waals surface area contributed by atoms with Crippen LogP contribution in [0, 0.1) is 0 Å². The first-order chi connectivity index (χ1) is 2.00. The molecule has 0 aromatic heterocycles. The molecule has 52 valence electrons. The Bertz CT molecular complexity index is 95.6. The van der Waals surface area contributed by atoms with E-state index in [1.165, 1.54) is 0 Å². The van der Waals surface area contributed by atoms with Gasteiger partial charge in [-0.25, -0.2) is 0 Å². The monoisotopic (exact) mass is 214 g/mol. The first kappa shape index (κ1) is 22.6. The fraction of sp³-hybridized carbons (Fsp3) is 0. The van der Waals surface area contributed by atoms with Gasteiger partial charge in [0.25, 0.3) is 0 Å². The van der Waals surface area contributed by atoms with Crippen molar-refractivity contribution in [2.24, 2.45) is 0 Å². The average molecular weight is 214 g/mol. The van der Waals surface area contributed by atoms with E-state index in [0.717, 1.165) is 0 Å². The Morgan fingerprint density at radius 3 is 1.12 bits per heavy atom. The predicted octanol–water partition coefficient (Wildman–Crippen LogP) is -2.40. The second-order valence-electron chi connectivity index (χ2n) is 0.448. The van der Waals surface area contributed by atoms with E-state index in [1.54, 1.807) is 0 Å². The van der Waals surface area contributed by atoms with Crippen LogP contribution in [-0.4, -0.2) is 60.7 Å². The van der Waals surface area contributed by atoms with Crippen LogP contribution in [0.5, 0.6) is 0 Å². The minimum atomic E-state index is -4.67. The van der Waals surface area contributed by atoms with Crippen LogP contribution >= 0.6 is 0 Å². The van der Waals surface area contributed by atoms with Gasteiger partial charge in [0.1, 0.15) is 0 Å². The van der Waals surface area contributed by atoms with Crippen LogP contribution in [0.2, 0.25) is 0 Å². The van der Waals surface area contributed by atoms with E-state index in [0.29, 0.717) is 0 Å². The van der Waals surface area contributed by atoms with Gasteiger partial charge in [-0.15, -0.1) is 0 Å². The van der Waals surface area contributed by atoms with Gasteiger partial charge in [0.15, 0.2) is 0 Å². The molecule has 0 aliphatic carbocycles. The fourth-order valence-corrected chi connectivity index (χ4v) is 0. The van der Waals surface area contributed by atoms with Gasteiger partial charge in [-0.3, -0.25) is 9.11 Å². The van der Waals surface area contributed by atoms with Gasteiger partial charge in [-0.2, -0.15) is 8.42 Å². The molecule has 0 aromatic carbocycles. The molecule has 0 radical (unpaired) electrons. The third-order valence-electron chi connectivity index (χ3n) is 0. The van der Waals surface area contributed by atoms with E-state index >= 15 is 0 Å². The first-order valence-electron chi connectivity index (χ1n) is 0.698. The largest absolute Gasteiger partial charge is 0 e. The third kappa shape index (κ3) is 128. The van der Waals surface area contributed by atoms with E-state index in [2.05, 4.69) is 0 Å². The summed E-state index contributed by atoms with van der Waals surface area (Å²) in [4.78, 5) is 0. The summed E-state index contributed by atoms with van der Waals surface area (Å²) in [6.45, 7) is 0. The summed E-state index contributed by atoms with van der Waals surface area (Å²) < 4.78 is 31.6. The molecule has 0 amide bonds. The molecule has 8 heteroatoms. The predicted molar refractivity (Wildman–Crippen MR) is 26.3 cm³/mol. The molecule has 0 aliphatic rings. The molecule has 0 spiro atoms. The minimum absolute atomic E-state index is 0. The Labute approximate surface area is 87.2 Å². The molecule has 0 saturated carbocycles. The van der Waals surface area contributed by atoms with Crippen LogP contribution in [0.1, 0.15) is 0 Å². The van der Waals surface area contributed by atoms with Gasteiger partial charge < -0.3 is 5.48 Å². The van der Waals surface area contributed by atoms with E-state index < -0.39 is 10.4 Å². The summed E-state index contributed by atoms with van der Waals surface area (Å²) in [6, 6.07) is 0. The Hall–Kier alpha value is 1.61. The van der Waals surface area contributed by atoms with Crippen LogP contribution in [0.15, 0.2) is 0 Å². The molecular formula is H6CaFeO5S. The van der Waals surface area contributed by atoms with Crippen molar-refractivity contribution >= 4 is 48.1 Å². The molecule has 8 heavy (non-hydrogen) atoms. The molecule has 0 unspecified atom stereocenters. The molecule has 0 heterocycles. The maximum absolute atomic E-state index is 8.74. The van der Waals surface area contributed by atoms with Gasteiger partial charge in [-0.1, -0.05) is 0 Å². The van der Waals surface area contributed by atoms with Crippen LogP contribution < -0.4 is 0 Å². The average Bonchev–Trinajstić information content (AvgIpc) is 0.722. The molecule has 0 saturated heterocycles. The van der Waals surface area contributed by atoms with Crippen molar-refractivity contribution in [1.82, 2.24) is 0 Å². The van der Waals surface area contributed by atoms with E-state index in [9.17, 15) is 0 Å². The van der Waals surface area contributed by atoms with Crippen LogP contribution in [-0.2, 0) is 27.5 Å². The minimum Gasteiger partial charge on any atom is 0 e. The number of rotatable bonds is 0. The maximum Gasteiger partial charge on any atom is 0 e. The third-order valence-corrected chi connectivity index (χ3v) is 0. The van der Waals surface area contributed by atoms with Crippen molar-refractivity contribution in [2.75, 3.05) is 0 Å². The Kier molecular flexibility index (Phi) is 24.4. The standard InChI is InChI=1S/Ca.Fe.H2O4S.H2O.2H/c;;1-5(2,3)4;;;/h;;(H2,1,2,3,4);1H2;;. The smallest absolute Gasteiger partial charge is 0 e. The second-order valence-corrected chi connectivity index (χ2v) is 1.34.